The first-order chi connectivity index (χ1) is 9.83. The summed E-state index contributed by atoms with van der Waals surface area (Å²) in [6.07, 6.45) is 19.4. The fraction of sp³-hybridized carbons (Fsp3) is 0.833. The monoisotopic (exact) mass is 280 g/mol. The molecule has 2 nitrogen and oxygen atoms in total. The van der Waals surface area contributed by atoms with Crippen LogP contribution in [0.2, 0.25) is 0 Å². The van der Waals surface area contributed by atoms with Crippen LogP contribution in [0.4, 0.5) is 0 Å². The van der Waals surface area contributed by atoms with Gasteiger partial charge in [0.25, 0.3) is 0 Å². The summed E-state index contributed by atoms with van der Waals surface area (Å²) < 4.78 is 5.60. The highest BCUT2D eigenvalue weighted by Crippen LogP contribution is 2.15. The molecule has 0 unspecified atom stereocenters. The maximum absolute atomic E-state index is 11.8. The number of hydrogen-bond donors (Lipinski definition) is 0. The van der Waals surface area contributed by atoms with E-state index in [1.54, 1.807) is 0 Å². The molecule has 1 heterocycles. The minimum Gasteiger partial charge on any atom is -0.458 e. The molecule has 0 fully saturated rings. The van der Waals surface area contributed by atoms with Crippen molar-refractivity contribution in [3.05, 3.63) is 12.2 Å². The zero-order valence-electron chi connectivity index (χ0n) is 13.2. The number of carbonyl (C=O) groups is 1. The number of allylic oxidation sites excluding steroid dienone is 1. The van der Waals surface area contributed by atoms with E-state index in [9.17, 15) is 4.79 Å². The fourth-order valence-corrected chi connectivity index (χ4v) is 2.68. The standard InChI is InChI=1S/C18H32O2/c1-2-3-4-8-11-14-17-15-12-9-6-5-7-10-13-16-18(19)20-17/h12,15,17H,2-11,13-14,16H2,1H3/t17-/m0/s1. The third kappa shape index (κ3) is 9.17. The van der Waals surface area contributed by atoms with Crippen molar-refractivity contribution < 1.29 is 9.53 Å². The van der Waals surface area contributed by atoms with E-state index in [2.05, 4.69) is 19.1 Å². The van der Waals surface area contributed by atoms with Crippen LogP contribution in [-0.4, -0.2) is 12.1 Å². The Hall–Kier alpha value is -0.790. The molecule has 0 aromatic heterocycles. The van der Waals surface area contributed by atoms with Crippen molar-refractivity contribution in [1.29, 1.82) is 0 Å². The summed E-state index contributed by atoms with van der Waals surface area (Å²) >= 11 is 0. The molecule has 1 rings (SSSR count). The Balaban J connectivity index is 2.33. The van der Waals surface area contributed by atoms with E-state index in [0.717, 1.165) is 19.3 Å². The molecule has 0 aliphatic carbocycles. The average Bonchev–Trinajstić information content (AvgIpc) is 2.43. The van der Waals surface area contributed by atoms with Gasteiger partial charge in [0, 0.05) is 6.42 Å². The van der Waals surface area contributed by atoms with Crippen LogP contribution in [0.3, 0.4) is 0 Å². The van der Waals surface area contributed by atoms with Gasteiger partial charge in [-0.25, -0.2) is 0 Å². The maximum atomic E-state index is 11.8. The van der Waals surface area contributed by atoms with Crippen LogP contribution in [0.5, 0.6) is 0 Å². The highest BCUT2D eigenvalue weighted by atomic mass is 16.5. The topological polar surface area (TPSA) is 26.3 Å². The molecule has 0 aromatic carbocycles. The second-order valence-electron chi connectivity index (χ2n) is 5.97. The zero-order valence-corrected chi connectivity index (χ0v) is 13.2. The number of ether oxygens (including phenoxy) is 1. The molecule has 0 spiro atoms. The van der Waals surface area contributed by atoms with E-state index in [-0.39, 0.29) is 12.1 Å². The highest BCUT2D eigenvalue weighted by Gasteiger charge is 2.11. The van der Waals surface area contributed by atoms with Crippen molar-refractivity contribution in [2.24, 2.45) is 0 Å². The number of hydrogen-bond acceptors (Lipinski definition) is 2. The molecule has 116 valence electrons. The highest BCUT2D eigenvalue weighted by molar-refractivity contribution is 5.69. The molecule has 2 heteroatoms. The minimum absolute atomic E-state index is 0.00576. The Morgan fingerprint density at radius 3 is 2.65 bits per heavy atom. The number of rotatable bonds is 6. The van der Waals surface area contributed by atoms with E-state index in [0.29, 0.717) is 6.42 Å². The third-order valence-electron chi connectivity index (χ3n) is 3.98. The molecule has 1 aliphatic heterocycles. The van der Waals surface area contributed by atoms with Gasteiger partial charge in [0.1, 0.15) is 6.10 Å². The Labute approximate surface area is 125 Å². The van der Waals surface area contributed by atoms with E-state index in [4.69, 9.17) is 4.74 Å². The second-order valence-corrected chi connectivity index (χ2v) is 5.97. The lowest BCUT2D eigenvalue weighted by Crippen LogP contribution is -2.16. The van der Waals surface area contributed by atoms with Crippen LogP contribution in [0.15, 0.2) is 12.2 Å². The predicted molar refractivity (Wildman–Crippen MR) is 84.7 cm³/mol. The molecule has 0 N–H and O–H groups in total. The summed E-state index contributed by atoms with van der Waals surface area (Å²) in [7, 11) is 0. The Bertz CT molecular complexity index is 271. The van der Waals surface area contributed by atoms with Crippen LogP contribution in [0, 0.1) is 0 Å². The molecule has 0 aromatic rings. The van der Waals surface area contributed by atoms with Gasteiger partial charge >= 0.3 is 5.97 Å². The van der Waals surface area contributed by atoms with Crippen LogP contribution in [-0.2, 0) is 9.53 Å². The molecule has 20 heavy (non-hydrogen) atoms. The van der Waals surface area contributed by atoms with Crippen LogP contribution in [0.1, 0.15) is 90.4 Å². The van der Waals surface area contributed by atoms with Crippen molar-refractivity contribution >= 4 is 5.97 Å². The van der Waals surface area contributed by atoms with Crippen molar-refractivity contribution in [2.75, 3.05) is 0 Å². The summed E-state index contributed by atoms with van der Waals surface area (Å²) in [6, 6.07) is 0. The number of unbranched alkanes of at least 4 members (excludes halogenated alkanes) is 4. The van der Waals surface area contributed by atoms with Gasteiger partial charge in [0.15, 0.2) is 0 Å². The van der Waals surface area contributed by atoms with Crippen LogP contribution >= 0.6 is 0 Å². The fourth-order valence-electron chi connectivity index (χ4n) is 2.68. The van der Waals surface area contributed by atoms with E-state index >= 15 is 0 Å². The minimum atomic E-state index is -0.00576. The van der Waals surface area contributed by atoms with E-state index in [1.165, 1.54) is 57.8 Å². The number of carbonyl (C=O) groups excluding carboxylic acids is 1. The zero-order chi connectivity index (χ0) is 14.5. The van der Waals surface area contributed by atoms with Gasteiger partial charge in [-0.2, -0.15) is 0 Å². The molecule has 1 atom stereocenters. The third-order valence-corrected chi connectivity index (χ3v) is 3.98. The lowest BCUT2D eigenvalue weighted by Gasteiger charge is -2.15. The summed E-state index contributed by atoms with van der Waals surface area (Å²) in [5, 5.41) is 0. The Morgan fingerprint density at radius 1 is 1.05 bits per heavy atom. The predicted octanol–water partition coefficient (Wildman–Crippen LogP) is 5.56. The van der Waals surface area contributed by atoms with E-state index < -0.39 is 0 Å². The summed E-state index contributed by atoms with van der Waals surface area (Å²) in [6.45, 7) is 2.23. The Morgan fingerprint density at radius 2 is 1.80 bits per heavy atom. The van der Waals surface area contributed by atoms with Gasteiger partial charge in [-0.3, -0.25) is 4.79 Å². The smallest absolute Gasteiger partial charge is 0.306 e. The van der Waals surface area contributed by atoms with Gasteiger partial charge in [0.2, 0.25) is 0 Å². The molecule has 0 radical (unpaired) electrons. The molecule has 1 aliphatic rings. The van der Waals surface area contributed by atoms with Gasteiger partial charge in [-0.1, -0.05) is 57.9 Å². The summed E-state index contributed by atoms with van der Waals surface area (Å²) in [5.41, 5.74) is 0. The molecular weight excluding hydrogens is 248 g/mol. The molecule has 0 saturated carbocycles. The molecule has 0 bridgehead atoms. The second kappa shape index (κ2) is 12.0. The van der Waals surface area contributed by atoms with Gasteiger partial charge < -0.3 is 4.74 Å². The van der Waals surface area contributed by atoms with Crippen LogP contribution in [0.25, 0.3) is 0 Å². The first-order valence-corrected chi connectivity index (χ1v) is 8.69. The maximum Gasteiger partial charge on any atom is 0.306 e. The lowest BCUT2D eigenvalue weighted by molar-refractivity contribution is -0.147. The first-order valence-electron chi connectivity index (χ1n) is 8.69. The molecular formula is C18H32O2. The molecule has 0 amide bonds. The van der Waals surface area contributed by atoms with Crippen molar-refractivity contribution in [1.82, 2.24) is 0 Å². The average molecular weight is 280 g/mol. The SMILES string of the molecule is CCCCCCC[C@H]1C=CCCCCCCCC(=O)O1. The van der Waals surface area contributed by atoms with Crippen molar-refractivity contribution in [3.63, 3.8) is 0 Å². The van der Waals surface area contributed by atoms with Crippen molar-refractivity contribution in [3.8, 4) is 0 Å². The Kier molecular flexibility index (Phi) is 10.3. The summed E-state index contributed by atoms with van der Waals surface area (Å²) in [5.74, 6) is -0.00576. The van der Waals surface area contributed by atoms with Gasteiger partial charge in [-0.05, 0) is 38.2 Å². The van der Waals surface area contributed by atoms with Crippen molar-refractivity contribution in [2.45, 2.75) is 96.5 Å². The molecule has 0 saturated heterocycles. The first kappa shape index (κ1) is 17.3. The van der Waals surface area contributed by atoms with E-state index in [1.807, 2.05) is 0 Å². The number of esters is 1. The largest absolute Gasteiger partial charge is 0.458 e. The quantitative estimate of drug-likeness (QED) is 0.362. The van der Waals surface area contributed by atoms with Gasteiger partial charge in [-0.15, -0.1) is 0 Å². The lowest BCUT2D eigenvalue weighted by atomic mass is 10.1. The summed E-state index contributed by atoms with van der Waals surface area (Å²) in [4.78, 5) is 11.8. The van der Waals surface area contributed by atoms with Crippen LogP contribution < -0.4 is 0 Å². The number of cyclic esters (lactones) is 1. The normalized spacial score (nSPS) is 21.9. The van der Waals surface area contributed by atoms with Gasteiger partial charge in [0.05, 0.1) is 0 Å².